The van der Waals surface area contributed by atoms with Gasteiger partial charge in [-0.05, 0) is 17.7 Å². The van der Waals surface area contributed by atoms with Crippen LogP contribution in [-0.2, 0) is 4.79 Å². The van der Waals surface area contributed by atoms with Crippen LogP contribution in [0.5, 0.6) is 0 Å². The minimum absolute atomic E-state index is 0.187. The molecule has 1 heterocycles. The summed E-state index contributed by atoms with van der Waals surface area (Å²) >= 11 is 0. The van der Waals surface area contributed by atoms with Crippen molar-refractivity contribution < 1.29 is 4.79 Å². The van der Waals surface area contributed by atoms with E-state index in [0.29, 0.717) is 5.71 Å². The summed E-state index contributed by atoms with van der Waals surface area (Å²) < 4.78 is 0. The predicted molar refractivity (Wildman–Crippen MR) is 75.7 cm³/mol. The molecule has 0 N–H and O–H groups in total. The number of nitrogens with zero attached hydrogens (tertiary/aromatic N) is 2. The highest BCUT2D eigenvalue weighted by Crippen LogP contribution is 2.31. The number of fused-ring (bicyclic) bond motifs is 1. The smallest absolute Gasteiger partial charge is 0.242 e. The van der Waals surface area contributed by atoms with E-state index in [1.807, 2.05) is 54.6 Å². The standard InChI is InChI=1S/C16H12N2O/c1-18-15-10-6-5-9-13(15)17-14(11-16(18)19)12-7-3-2-4-8-12/h2-10H,1H3. The lowest BCUT2D eigenvalue weighted by Crippen LogP contribution is -2.27. The van der Waals surface area contributed by atoms with Gasteiger partial charge in [-0.1, -0.05) is 42.5 Å². The van der Waals surface area contributed by atoms with Gasteiger partial charge in [0.1, 0.15) is 6.42 Å². The van der Waals surface area contributed by atoms with Gasteiger partial charge in [0.2, 0.25) is 5.91 Å². The minimum Gasteiger partial charge on any atom is -0.313 e. The number of rotatable bonds is 1. The summed E-state index contributed by atoms with van der Waals surface area (Å²) in [5, 5.41) is 0. The second-order valence-corrected chi connectivity index (χ2v) is 4.30. The summed E-state index contributed by atoms with van der Waals surface area (Å²) in [6, 6.07) is 17.2. The van der Waals surface area contributed by atoms with Crippen LogP contribution in [0.4, 0.5) is 11.4 Å². The first-order valence-electron chi connectivity index (χ1n) is 6.03. The maximum atomic E-state index is 12.1. The van der Waals surface area contributed by atoms with E-state index in [2.05, 4.69) is 11.4 Å². The number of anilines is 1. The fourth-order valence-electron chi connectivity index (χ4n) is 2.02. The third-order valence-electron chi connectivity index (χ3n) is 3.05. The lowest BCUT2D eigenvalue weighted by Gasteiger charge is -2.15. The van der Waals surface area contributed by atoms with Crippen molar-refractivity contribution in [3.63, 3.8) is 0 Å². The Labute approximate surface area is 112 Å². The van der Waals surface area contributed by atoms with E-state index >= 15 is 0 Å². The van der Waals surface area contributed by atoms with Gasteiger partial charge < -0.3 is 4.90 Å². The molecule has 0 spiro atoms. The molecule has 1 aliphatic heterocycles. The van der Waals surface area contributed by atoms with Crippen molar-refractivity contribution in [1.82, 2.24) is 0 Å². The molecule has 2 aromatic carbocycles. The molecule has 3 nitrogen and oxygen atoms in total. The summed E-state index contributed by atoms with van der Waals surface area (Å²) in [5.41, 5.74) is 3.04. The number of carbonyl (C=O) groups excluding carboxylic acids is 1. The molecule has 3 rings (SSSR count). The van der Waals surface area contributed by atoms with Gasteiger partial charge in [0, 0.05) is 7.05 Å². The van der Waals surface area contributed by atoms with Gasteiger partial charge in [0.05, 0.1) is 17.1 Å². The van der Waals surface area contributed by atoms with Crippen molar-refractivity contribution in [3.05, 3.63) is 66.6 Å². The molecule has 19 heavy (non-hydrogen) atoms. The molecular weight excluding hydrogens is 236 g/mol. The predicted octanol–water partition coefficient (Wildman–Crippen LogP) is 2.87. The maximum absolute atomic E-state index is 12.1. The number of benzene rings is 2. The van der Waals surface area contributed by atoms with Gasteiger partial charge in [-0.3, -0.25) is 4.79 Å². The van der Waals surface area contributed by atoms with Crippen LogP contribution < -0.4 is 4.90 Å². The zero-order chi connectivity index (χ0) is 13.2. The molecule has 3 heteroatoms. The minimum atomic E-state index is -0.187. The highest BCUT2D eigenvalue weighted by atomic mass is 16.2. The fraction of sp³-hybridized carbons (Fsp3) is 0.0625. The number of aliphatic imine (C=N–C) groups is 1. The first kappa shape index (κ1) is 11.7. The van der Waals surface area contributed by atoms with Crippen LogP contribution in [0, 0.1) is 6.42 Å². The number of amides is 1. The first-order chi connectivity index (χ1) is 9.25. The lowest BCUT2D eigenvalue weighted by atomic mass is 10.1. The van der Waals surface area contributed by atoms with Crippen molar-refractivity contribution in [1.29, 1.82) is 0 Å². The Hall–Kier alpha value is -2.42. The third-order valence-corrected chi connectivity index (χ3v) is 3.05. The molecule has 2 radical (unpaired) electrons. The van der Waals surface area contributed by atoms with E-state index in [9.17, 15) is 4.79 Å². The van der Waals surface area contributed by atoms with Crippen LogP contribution >= 0.6 is 0 Å². The Morgan fingerprint density at radius 1 is 1.00 bits per heavy atom. The van der Waals surface area contributed by atoms with Gasteiger partial charge in [-0.2, -0.15) is 0 Å². The summed E-state index contributed by atoms with van der Waals surface area (Å²) in [7, 11) is 1.73. The SMILES string of the molecule is CN1C(=O)[C]C(c2ccccc2)=Nc2ccccc21. The molecule has 0 aliphatic carbocycles. The van der Waals surface area contributed by atoms with Gasteiger partial charge >= 0.3 is 0 Å². The van der Waals surface area contributed by atoms with Crippen LogP contribution in [0.2, 0.25) is 0 Å². The first-order valence-corrected chi connectivity index (χ1v) is 6.03. The van der Waals surface area contributed by atoms with Crippen LogP contribution in [0.25, 0.3) is 0 Å². The molecule has 92 valence electrons. The van der Waals surface area contributed by atoms with E-state index in [-0.39, 0.29) is 5.91 Å². The maximum Gasteiger partial charge on any atom is 0.242 e. The second kappa shape index (κ2) is 4.69. The van der Waals surface area contributed by atoms with Crippen molar-refractivity contribution in [2.45, 2.75) is 0 Å². The molecular formula is C16H12N2O. The Morgan fingerprint density at radius 2 is 1.68 bits per heavy atom. The molecule has 1 aliphatic rings. The van der Waals surface area contributed by atoms with Crippen LogP contribution in [0.1, 0.15) is 5.56 Å². The van der Waals surface area contributed by atoms with Gasteiger partial charge in [0.15, 0.2) is 0 Å². The highest BCUT2D eigenvalue weighted by Gasteiger charge is 2.22. The zero-order valence-electron chi connectivity index (χ0n) is 10.5. The van der Waals surface area contributed by atoms with Crippen molar-refractivity contribution in [3.8, 4) is 0 Å². The average molecular weight is 248 g/mol. The summed E-state index contributed by atoms with van der Waals surface area (Å²) in [5.74, 6) is -0.187. The summed E-state index contributed by atoms with van der Waals surface area (Å²) in [6.45, 7) is 0. The van der Waals surface area contributed by atoms with Crippen LogP contribution in [-0.4, -0.2) is 18.7 Å². The van der Waals surface area contributed by atoms with Crippen LogP contribution in [0.3, 0.4) is 0 Å². The highest BCUT2D eigenvalue weighted by molar-refractivity contribution is 6.25. The number of para-hydroxylation sites is 2. The summed E-state index contributed by atoms with van der Waals surface area (Å²) in [4.78, 5) is 18.2. The molecule has 0 unspecified atom stereocenters. The second-order valence-electron chi connectivity index (χ2n) is 4.30. The van der Waals surface area contributed by atoms with Crippen LogP contribution in [0.15, 0.2) is 59.6 Å². The number of hydrogen-bond acceptors (Lipinski definition) is 2. The van der Waals surface area contributed by atoms with Crippen molar-refractivity contribution >= 4 is 23.0 Å². The molecule has 2 aromatic rings. The van der Waals surface area contributed by atoms with E-state index < -0.39 is 0 Å². The quantitative estimate of drug-likeness (QED) is 0.763. The van der Waals surface area contributed by atoms with E-state index in [1.54, 1.807) is 11.9 Å². The molecule has 0 saturated carbocycles. The largest absolute Gasteiger partial charge is 0.313 e. The molecule has 1 amide bonds. The normalized spacial score (nSPS) is 14.7. The molecule has 0 fully saturated rings. The lowest BCUT2D eigenvalue weighted by molar-refractivity contribution is -0.114. The Kier molecular flexibility index (Phi) is 2.88. The Balaban J connectivity index is 2.14. The number of hydrogen-bond donors (Lipinski definition) is 0. The van der Waals surface area contributed by atoms with E-state index in [1.165, 1.54) is 0 Å². The molecule has 0 aromatic heterocycles. The third kappa shape index (κ3) is 2.15. The number of carbonyl (C=O) groups is 1. The average Bonchev–Trinajstić information content (AvgIpc) is 2.58. The zero-order valence-corrected chi connectivity index (χ0v) is 10.5. The van der Waals surface area contributed by atoms with Crippen molar-refractivity contribution in [2.24, 2.45) is 4.99 Å². The van der Waals surface area contributed by atoms with E-state index in [0.717, 1.165) is 16.9 Å². The fourth-order valence-corrected chi connectivity index (χ4v) is 2.02. The summed E-state index contributed by atoms with van der Waals surface area (Å²) in [6.07, 6.45) is 2.83. The molecule has 0 saturated heterocycles. The monoisotopic (exact) mass is 248 g/mol. The van der Waals surface area contributed by atoms with Gasteiger partial charge in [-0.15, -0.1) is 0 Å². The molecule has 0 atom stereocenters. The Morgan fingerprint density at radius 3 is 2.47 bits per heavy atom. The van der Waals surface area contributed by atoms with Crippen molar-refractivity contribution in [2.75, 3.05) is 11.9 Å². The topological polar surface area (TPSA) is 32.7 Å². The Bertz CT molecular complexity index is 647. The molecule has 0 bridgehead atoms. The van der Waals surface area contributed by atoms with Gasteiger partial charge in [-0.25, -0.2) is 4.99 Å². The van der Waals surface area contributed by atoms with Gasteiger partial charge in [0.25, 0.3) is 0 Å². The van der Waals surface area contributed by atoms with E-state index in [4.69, 9.17) is 0 Å².